The van der Waals surface area contributed by atoms with E-state index >= 15 is 0 Å². The van der Waals surface area contributed by atoms with Crippen LogP contribution in [0.3, 0.4) is 0 Å². The summed E-state index contributed by atoms with van der Waals surface area (Å²) in [4.78, 5) is 4.07. The number of hydrogen-bond donors (Lipinski definition) is 2. The van der Waals surface area contributed by atoms with E-state index < -0.39 is 0 Å². The van der Waals surface area contributed by atoms with Crippen molar-refractivity contribution in [3.8, 4) is 0 Å². The highest BCUT2D eigenvalue weighted by atomic mass is 15.3. The van der Waals surface area contributed by atoms with Gasteiger partial charge in [-0.2, -0.15) is 5.10 Å². The van der Waals surface area contributed by atoms with Crippen LogP contribution in [0.5, 0.6) is 0 Å². The molecule has 0 aromatic carbocycles. The standard InChI is InChI=1S/C10H13N5/c1-15-9(4-6-13-15)10(14-11)8-3-2-5-12-7-8/h2-7,10,14H,11H2,1H3. The summed E-state index contributed by atoms with van der Waals surface area (Å²) >= 11 is 0. The second kappa shape index (κ2) is 4.20. The third kappa shape index (κ3) is 1.88. The predicted molar refractivity (Wildman–Crippen MR) is 56.6 cm³/mol. The zero-order valence-electron chi connectivity index (χ0n) is 8.46. The van der Waals surface area contributed by atoms with Crippen molar-refractivity contribution >= 4 is 0 Å². The molecule has 2 rings (SSSR count). The molecule has 2 heterocycles. The Morgan fingerprint density at radius 3 is 2.80 bits per heavy atom. The van der Waals surface area contributed by atoms with Crippen molar-refractivity contribution in [1.82, 2.24) is 20.2 Å². The molecule has 2 aromatic heterocycles. The topological polar surface area (TPSA) is 68.8 Å². The first-order valence-corrected chi connectivity index (χ1v) is 4.67. The molecule has 0 saturated carbocycles. The van der Waals surface area contributed by atoms with E-state index in [2.05, 4.69) is 15.5 Å². The molecule has 15 heavy (non-hydrogen) atoms. The maximum Gasteiger partial charge on any atom is 0.0893 e. The highest BCUT2D eigenvalue weighted by Crippen LogP contribution is 2.18. The van der Waals surface area contributed by atoms with Crippen LogP contribution in [-0.2, 0) is 7.05 Å². The minimum Gasteiger partial charge on any atom is -0.271 e. The molecule has 0 aliphatic heterocycles. The molecule has 0 aliphatic rings. The Bertz CT molecular complexity index is 422. The fraction of sp³-hybridized carbons (Fsp3) is 0.200. The number of aryl methyl sites for hydroxylation is 1. The van der Waals surface area contributed by atoms with Crippen molar-refractivity contribution < 1.29 is 0 Å². The molecule has 5 nitrogen and oxygen atoms in total. The zero-order chi connectivity index (χ0) is 10.7. The van der Waals surface area contributed by atoms with Crippen molar-refractivity contribution in [2.45, 2.75) is 6.04 Å². The lowest BCUT2D eigenvalue weighted by molar-refractivity contribution is 0.573. The molecular weight excluding hydrogens is 190 g/mol. The lowest BCUT2D eigenvalue weighted by Gasteiger charge is -2.15. The molecule has 2 aromatic rings. The number of rotatable bonds is 3. The molecule has 78 valence electrons. The predicted octanol–water partition coefficient (Wildman–Crippen LogP) is 0.368. The first kappa shape index (κ1) is 9.82. The van der Waals surface area contributed by atoms with E-state index in [4.69, 9.17) is 5.84 Å². The molecule has 0 bridgehead atoms. The van der Waals surface area contributed by atoms with E-state index in [1.54, 1.807) is 23.3 Å². The third-order valence-electron chi connectivity index (χ3n) is 2.34. The van der Waals surface area contributed by atoms with Crippen molar-refractivity contribution in [2.24, 2.45) is 12.9 Å². The van der Waals surface area contributed by atoms with Gasteiger partial charge in [-0.25, -0.2) is 5.43 Å². The molecule has 0 saturated heterocycles. The number of hydrogen-bond acceptors (Lipinski definition) is 4. The molecule has 0 fully saturated rings. The first-order valence-electron chi connectivity index (χ1n) is 4.67. The van der Waals surface area contributed by atoms with Gasteiger partial charge in [-0.1, -0.05) is 6.07 Å². The third-order valence-corrected chi connectivity index (χ3v) is 2.34. The summed E-state index contributed by atoms with van der Waals surface area (Å²) in [6.45, 7) is 0. The Labute approximate surface area is 87.9 Å². The van der Waals surface area contributed by atoms with Crippen LogP contribution in [0, 0.1) is 0 Å². The van der Waals surface area contributed by atoms with Gasteiger partial charge in [-0.15, -0.1) is 0 Å². The summed E-state index contributed by atoms with van der Waals surface area (Å²) < 4.78 is 1.79. The molecule has 1 atom stereocenters. The van der Waals surface area contributed by atoms with E-state index in [1.165, 1.54) is 0 Å². The van der Waals surface area contributed by atoms with Gasteiger partial charge in [0.05, 0.1) is 11.7 Å². The number of nitrogens with two attached hydrogens (primary N) is 1. The molecule has 0 radical (unpaired) electrons. The summed E-state index contributed by atoms with van der Waals surface area (Å²) in [5.74, 6) is 5.55. The average molecular weight is 203 g/mol. The summed E-state index contributed by atoms with van der Waals surface area (Å²) in [7, 11) is 1.88. The fourth-order valence-corrected chi connectivity index (χ4v) is 1.57. The maximum atomic E-state index is 5.55. The summed E-state index contributed by atoms with van der Waals surface area (Å²) in [6, 6.07) is 5.71. The maximum absolute atomic E-state index is 5.55. The Morgan fingerprint density at radius 2 is 2.27 bits per heavy atom. The van der Waals surface area contributed by atoms with Crippen LogP contribution in [0.15, 0.2) is 36.8 Å². The van der Waals surface area contributed by atoms with Crippen LogP contribution < -0.4 is 11.3 Å². The quantitative estimate of drug-likeness (QED) is 0.558. The number of nitrogens with zero attached hydrogens (tertiary/aromatic N) is 3. The van der Waals surface area contributed by atoms with Gasteiger partial charge in [0.15, 0.2) is 0 Å². The zero-order valence-corrected chi connectivity index (χ0v) is 8.46. The van der Waals surface area contributed by atoms with E-state index in [9.17, 15) is 0 Å². The van der Waals surface area contributed by atoms with Gasteiger partial charge in [-0.3, -0.25) is 15.5 Å². The van der Waals surface area contributed by atoms with Gasteiger partial charge in [0.2, 0.25) is 0 Å². The van der Waals surface area contributed by atoms with E-state index in [-0.39, 0.29) is 6.04 Å². The summed E-state index contributed by atoms with van der Waals surface area (Å²) in [5, 5.41) is 4.11. The van der Waals surface area contributed by atoms with Crippen molar-refractivity contribution in [3.63, 3.8) is 0 Å². The molecule has 0 aliphatic carbocycles. The molecule has 1 unspecified atom stereocenters. The van der Waals surface area contributed by atoms with Crippen molar-refractivity contribution in [3.05, 3.63) is 48.0 Å². The molecule has 0 spiro atoms. The first-order chi connectivity index (χ1) is 7.33. The molecule has 5 heteroatoms. The highest BCUT2D eigenvalue weighted by molar-refractivity contribution is 5.24. The Kier molecular flexibility index (Phi) is 2.75. The van der Waals surface area contributed by atoms with Crippen molar-refractivity contribution in [2.75, 3.05) is 0 Å². The Morgan fingerprint density at radius 1 is 1.40 bits per heavy atom. The van der Waals surface area contributed by atoms with Crippen molar-refractivity contribution in [1.29, 1.82) is 0 Å². The normalized spacial score (nSPS) is 12.7. The SMILES string of the molecule is Cn1nccc1C(NN)c1cccnc1. The van der Waals surface area contributed by atoms with Crippen LogP contribution in [-0.4, -0.2) is 14.8 Å². The molecule has 3 N–H and O–H groups in total. The van der Waals surface area contributed by atoms with Gasteiger partial charge in [-0.05, 0) is 17.7 Å². The number of pyridine rings is 1. The molecular formula is C10H13N5. The highest BCUT2D eigenvalue weighted by Gasteiger charge is 2.15. The average Bonchev–Trinajstić information content (AvgIpc) is 2.68. The summed E-state index contributed by atoms with van der Waals surface area (Å²) in [6.07, 6.45) is 5.27. The number of aromatic nitrogens is 3. The lowest BCUT2D eigenvalue weighted by Crippen LogP contribution is -2.30. The minimum atomic E-state index is -0.0776. The largest absolute Gasteiger partial charge is 0.271 e. The van der Waals surface area contributed by atoms with Gasteiger partial charge in [0, 0.05) is 25.6 Å². The fourth-order valence-electron chi connectivity index (χ4n) is 1.57. The van der Waals surface area contributed by atoms with Crippen LogP contribution in [0.4, 0.5) is 0 Å². The minimum absolute atomic E-state index is 0.0776. The van der Waals surface area contributed by atoms with Crippen LogP contribution in [0.2, 0.25) is 0 Å². The van der Waals surface area contributed by atoms with Gasteiger partial charge >= 0.3 is 0 Å². The van der Waals surface area contributed by atoms with E-state index in [0.29, 0.717) is 0 Å². The lowest BCUT2D eigenvalue weighted by atomic mass is 10.1. The number of hydrazine groups is 1. The Hall–Kier alpha value is -1.72. The van der Waals surface area contributed by atoms with Crippen LogP contribution in [0.25, 0.3) is 0 Å². The van der Waals surface area contributed by atoms with E-state index in [0.717, 1.165) is 11.3 Å². The molecule has 0 amide bonds. The second-order valence-electron chi connectivity index (χ2n) is 3.27. The summed E-state index contributed by atoms with van der Waals surface area (Å²) in [5.41, 5.74) is 4.78. The van der Waals surface area contributed by atoms with Gasteiger partial charge in [0.25, 0.3) is 0 Å². The monoisotopic (exact) mass is 203 g/mol. The van der Waals surface area contributed by atoms with Gasteiger partial charge < -0.3 is 0 Å². The van der Waals surface area contributed by atoms with Gasteiger partial charge in [0.1, 0.15) is 0 Å². The second-order valence-corrected chi connectivity index (χ2v) is 3.27. The smallest absolute Gasteiger partial charge is 0.0893 e. The van der Waals surface area contributed by atoms with Crippen LogP contribution >= 0.6 is 0 Å². The number of nitrogens with one attached hydrogen (secondary N) is 1. The van der Waals surface area contributed by atoms with E-state index in [1.807, 2.05) is 25.2 Å². The van der Waals surface area contributed by atoms with Crippen LogP contribution in [0.1, 0.15) is 17.3 Å². The Balaban J connectivity index is 2.37.